The number of carbonyl (C=O) groups excluding carboxylic acids is 1. The van der Waals surface area contributed by atoms with Crippen molar-refractivity contribution < 1.29 is 14.3 Å². The van der Waals surface area contributed by atoms with Crippen LogP contribution in [0.5, 0.6) is 0 Å². The molecule has 0 rings (SSSR count). The van der Waals surface area contributed by atoms with Crippen LogP contribution in [0.3, 0.4) is 0 Å². The molecule has 5 heteroatoms. The maximum absolute atomic E-state index is 12.2. The molecule has 0 saturated heterocycles. The highest BCUT2D eigenvalue weighted by atomic mass is 16.5. The van der Waals surface area contributed by atoms with E-state index in [4.69, 9.17) is 15.2 Å². The fourth-order valence-electron chi connectivity index (χ4n) is 1.55. The molecule has 5 nitrogen and oxygen atoms in total. The van der Waals surface area contributed by atoms with Gasteiger partial charge in [0.05, 0.1) is 25.3 Å². The minimum absolute atomic E-state index is 0.00690. The molecule has 17 heavy (non-hydrogen) atoms. The minimum Gasteiger partial charge on any atom is -0.383 e. The molecule has 0 aliphatic heterocycles. The molecular weight excluding hydrogens is 220 g/mol. The minimum atomic E-state index is -0.467. The summed E-state index contributed by atoms with van der Waals surface area (Å²) < 4.78 is 10.1. The normalized spacial score (nSPS) is 14.8. The first-order valence-corrected chi connectivity index (χ1v) is 5.99. The van der Waals surface area contributed by atoms with E-state index >= 15 is 0 Å². The molecule has 0 aliphatic carbocycles. The van der Waals surface area contributed by atoms with E-state index in [-0.39, 0.29) is 17.9 Å². The number of nitrogens with two attached hydrogens (primary N) is 1. The molecule has 0 saturated carbocycles. The predicted octanol–water partition coefficient (Wildman–Crippen LogP) is 0.480. The largest absolute Gasteiger partial charge is 0.383 e. The van der Waals surface area contributed by atoms with Gasteiger partial charge in [0.2, 0.25) is 5.91 Å². The molecule has 0 aromatic carbocycles. The molecule has 0 spiro atoms. The smallest absolute Gasteiger partial charge is 0.240 e. The number of ether oxygens (including phenoxy) is 2. The van der Waals surface area contributed by atoms with Crippen molar-refractivity contribution >= 4 is 5.91 Å². The Morgan fingerprint density at radius 1 is 1.24 bits per heavy atom. The van der Waals surface area contributed by atoms with Gasteiger partial charge in [0.15, 0.2) is 0 Å². The fraction of sp³-hybridized carbons (Fsp3) is 0.917. The third-order valence-corrected chi connectivity index (χ3v) is 2.76. The Bertz CT molecular complexity index is 222. The highest BCUT2D eigenvalue weighted by molar-refractivity contribution is 5.82. The summed E-state index contributed by atoms with van der Waals surface area (Å²) in [6.07, 6.45) is 0. The van der Waals surface area contributed by atoms with Gasteiger partial charge in [-0.3, -0.25) is 4.79 Å². The maximum Gasteiger partial charge on any atom is 0.240 e. The Hall–Kier alpha value is -0.650. The van der Waals surface area contributed by atoms with E-state index in [0.29, 0.717) is 19.8 Å². The van der Waals surface area contributed by atoms with Crippen LogP contribution in [0.1, 0.15) is 20.8 Å². The average molecular weight is 246 g/mol. The molecule has 0 aromatic rings. The molecule has 0 aliphatic rings. The second-order valence-corrected chi connectivity index (χ2v) is 4.60. The molecule has 102 valence electrons. The van der Waals surface area contributed by atoms with Gasteiger partial charge >= 0.3 is 0 Å². The van der Waals surface area contributed by atoms with Crippen LogP contribution in [0, 0.1) is 5.92 Å². The Kier molecular flexibility index (Phi) is 8.12. The van der Waals surface area contributed by atoms with Crippen molar-refractivity contribution in [2.24, 2.45) is 11.7 Å². The first-order chi connectivity index (χ1) is 7.95. The van der Waals surface area contributed by atoms with Crippen LogP contribution in [-0.4, -0.2) is 56.9 Å². The topological polar surface area (TPSA) is 64.8 Å². The van der Waals surface area contributed by atoms with E-state index in [2.05, 4.69) is 0 Å². The number of carbonyl (C=O) groups is 1. The summed E-state index contributed by atoms with van der Waals surface area (Å²) >= 11 is 0. The summed E-state index contributed by atoms with van der Waals surface area (Å²) in [6.45, 7) is 7.38. The van der Waals surface area contributed by atoms with Gasteiger partial charge in [-0.15, -0.1) is 0 Å². The molecule has 2 atom stereocenters. The van der Waals surface area contributed by atoms with Crippen molar-refractivity contribution in [1.82, 2.24) is 4.90 Å². The third-order valence-electron chi connectivity index (χ3n) is 2.76. The first-order valence-electron chi connectivity index (χ1n) is 5.99. The van der Waals surface area contributed by atoms with Gasteiger partial charge in [-0.05, 0) is 12.8 Å². The second kappa shape index (κ2) is 8.44. The van der Waals surface area contributed by atoms with Crippen molar-refractivity contribution in [1.29, 1.82) is 0 Å². The van der Waals surface area contributed by atoms with Gasteiger partial charge in [0, 0.05) is 20.8 Å². The number of hydrogen-bond acceptors (Lipinski definition) is 4. The lowest BCUT2D eigenvalue weighted by Gasteiger charge is -2.32. The van der Waals surface area contributed by atoms with Crippen LogP contribution in [0.15, 0.2) is 0 Å². The van der Waals surface area contributed by atoms with Crippen LogP contribution < -0.4 is 5.73 Å². The second-order valence-electron chi connectivity index (χ2n) is 4.60. The van der Waals surface area contributed by atoms with Crippen molar-refractivity contribution in [3.05, 3.63) is 0 Å². The molecule has 1 amide bonds. The Morgan fingerprint density at radius 2 is 1.82 bits per heavy atom. The van der Waals surface area contributed by atoms with E-state index in [1.54, 1.807) is 19.1 Å². The van der Waals surface area contributed by atoms with Gasteiger partial charge < -0.3 is 20.1 Å². The highest BCUT2D eigenvalue weighted by Gasteiger charge is 2.26. The van der Waals surface area contributed by atoms with Crippen molar-refractivity contribution in [2.75, 3.05) is 34.0 Å². The summed E-state index contributed by atoms with van der Waals surface area (Å²) in [4.78, 5) is 13.9. The van der Waals surface area contributed by atoms with E-state index < -0.39 is 6.04 Å². The van der Waals surface area contributed by atoms with Crippen LogP contribution in [0.4, 0.5) is 0 Å². The van der Waals surface area contributed by atoms with E-state index in [0.717, 1.165) is 0 Å². The van der Waals surface area contributed by atoms with Crippen molar-refractivity contribution in [3.63, 3.8) is 0 Å². The zero-order chi connectivity index (χ0) is 13.4. The lowest BCUT2D eigenvalue weighted by molar-refractivity contribution is -0.137. The Labute approximate surface area is 104 Å². The van der Waals surface area contributed by atoms with Crippen LogP contribution in [0.2, 0.25) is 0 Å². The number of amides is 1. The third kappa shape index (κ3) is 5.48. The van der Waals surface area contributed by atoms with Gasteiger partial charge in [-0.2, -0.15) is 0 Å². The SMILES string of the molecule is COCCN(C(=O)C(N)C(C)C)C(C)COC. The fourth-order valence-corrected chi connectivity index (χ4v) is 1.55. The summed E-state index contributed by atoms with van der Waals surface area (Å²) in [6, 6.07) is -0.460. The van der Waals surface area contributed by atoms with Crippen LogP contribution >= 0.6 is 0 Å². The molecule has 0 radical (unpaired) electrons. The summed E-state index contributed by atoms with van der Waals surface area (Å²) in [5.74, 6) is 0.0869. The average Bonchev–Trinajstić information content (AvgIpc) is 2.28. The molecular formula is C12H26N2O3. The molecule has 2 unspecified atom stereocenters. The number of methoxy groups -OCH3 is 2. The number of hydrogen-bond donors (Lipinski definition) is 1. The first kappa shape index (κ1) is 16.4. The molecule has 0 heterocycles. The monoisotopic (exact) mass is 246 g/mol. The molecule has 0 aromatic heterocycles. The van der Waals surface area contributed by atoms with Crippen LogP contribution in [0.25, 0.3) is 0 Å². The molecule has 2 N–H and O–H groups in total. The zero-order valence-electron chi connectivity index (χ0n) is 11.6. The van der Waals surface area contributed by atoms with Gasteiger partial charge in [0.1, 0.15) is 0 Å². The van der Waals surface area contributed by atoms with E-state index in [1.807, 2.05) is 20.8 Å². The highest BCUT2D eigenvalue weighted by Crippen LogP contribution is 2.08. The maximum atomic E-state index is 12.2. The molecule has 0 fully saturated rings. The Balaban J connectivity index is 4.59. The summed E-state index contributed by atoms with van der Waals surface area (Å²) in [7, 11) is 3.24. The number of nitrogens with zero attached hydrogens (tertiary/aromatic N) is 1. The van der Waals surface area contributed by atoms with Crippen molar-refractivity contribution in [3.8, 4) is 0 Å². The summed E-state index contributed by atoms with van der Waals surface area (Å²) in [5, 5.41) is 0. The van der Waals surface area contributed by atoms with E-state index in [9.17, 15) is 4.79 Å². The van der Waals surface area contributed by atoms with Gasteiger partial charge in [0.25, 0.3) is 0 Å². The zero-order valence-corrected chi connectivity index (χ0v) is 11.6. The summed E-state index contributed by atoms with van der Waals surface area (Å²) in [5.41, 5.74) is 5.89. The van der Waals surface area contributed by atoms with Crippen LogP contribution in [-0.2, 0) is 14.3 Å². The van der Waals surface area contributed by atoms with E-state index in [1.165, 1.54) is 0 Å². The van der Waals surface area contributed by atoms with Crippen molar-refractivity contribution in [2.45, 2.75) is 32.9 Å². The standard InChI is InChI=1S/C12H26N2O3/c1-9(2)11(13)12(15)14(6-7-16-4)10(3)8-17-5/h9-11H,6-8,13H2,1-5H3. The quantitative estimate of drug-likeness (QED) is 0.676. The molecule has 0 bridgehead atoms. The lowest BCUT2D eigenvalue weighted by atomic mass is 10.0. The van der Waals surface area contributed by atoms with Gasteiger partial charge in [-0.1, -0.05) is 13.8 Å². The van der Waals surface area contributed by atoms with Gasteiger partial charge in [-0.25, -0.2) is 0 Å². The predicted molar refractivity (Wildman–Crippen MR) is 67.7 cm³/mol. The Morgan fingerprint density at radius 3 is 2.24 bits per heavy atom. The lowest BCUT2D eigenvalue weighted by Crippen LogP contribution is -2.52. The number of rotatable bonds is 8.